The summed E-state index contributed by atoms with van der Waals surface area (Å²) in [7, 11) is 0. The van der Waals surface area contributed by atoms with E-state index >= 15 is 0 Å². The summed E-state index contributed by atoms with van der Waals surface area (Å²) in [4.78, 5) is 0. The predicted molar refractivity (Wildman–Crippen MR) is 72.0 cm³/mol. The van der Waals surface area contributed by atoms with E-state index in [9.17, 15) is 8.78 Å². The van der Waals surface area contributed by atoms with Crippen LogP contribution in [0.4, 0.5) is 8.78 Å². The van der Waals surface area contributed by atoms with Crippen LogP contribution in [0, 0.1) is 18.6 Å². The zero-order valence-electron chi connectivity index (χ0n) is 11.8. The van der Waals surface area contributed by atoms with Crippen LogP contribution in [0.25, 0.3) is 0 Å². The van der Waals surface area contributed by atoms with Crippen LogP contribution in [-0.2, 0) is 13.1 Å². The molecule has 1 N–H and O–H groups in total. The predicted octanol–water partition coefficient (Wildman–Crippen LogP) is 2.74. The van der Waals surface area contributed by atoms with Crippen LogP contribution in [0.1, 0.15) is 36.8 Å². The Hall–Kier alpha value is -1.82. The van der Waals surface area contributed by atoms with Gasteiger partial charge in [-0.1, -0.05) is 0 Å². The SMILES string of the molecule is CCn1cnnc1CNC(C)c1cc(F)c(C)cc1F. The van der Waals surface area contributed by atoms with Crippen molar-refractivity contribution in [1.82, 2.24) is 20.1 Å². The van der Waals surface area contributed by atoms with Crippen molar-refractivity contribution in [1.29, 1.82) is 0 Å². The summed E-state index contributed by atoms with van der Waals surface area (Å²) in [6.07, 6.45) is 1.65. The third-order valence-electron chi connectivity index (χ3n) is 3.35. The first-order valence-electron chi connectivity index (χ1n) is 6.58. The fraction of sp³-hybridized carbons (Fsp3) is 0.429. The third-order valence-corrected chi connectivity index (χ3v) is 3.35. The molecular formula is C14H18F2N4. The topological polar surface area (TPSA) is 42.7 Å². The van der Waals surface area contributed by atoms with Crippen molar-refractivity contribution in [3.8, 4) is 0 Å². The van der Waals surface area contributed by atoms with Gasteiger partial charge in [-0.3, -0.25) is 0 Å². The second kappa shape index (κ2) is 6.09. The Bertz CT molecular complexity index is 595. The van der Waals surface area contributed by atoms with Gasteiger partial charge in [0.25, 0.3) is 0 Å². The second-order valence-electron chi connectivity index (χ2n) is 4.76. The summed E-state index contributed by atoms with van der Waals surface area (Å²) in [6.45, 7) is 6.55. The Morgan fingerprint density at radius 1 is 1.30 bits per heavy atom. The minimum atomic E-state index is -0.402. The van der Waals surface area contributed by atoms with Gasteiger partial charge < -0.3 is 9.88 Å². The van der Waals surface area contributed by atoms with Crippen LogP contribution in [0.15, 0.2) is 18.5 Å². The molecule has 0 aliphatic heterocycles. The first-order chi connectivity index (χ1) is 9.52. The van der Waals surface area contributed by atoms with E-state index in [1.54, 1.807) is 20.2 Å². The number of nitrogens with one attached hydrogen (secondary N) is 1. The molecule has 1 aromatic heterocycles. The molecule has 2 rings (SSSR count). The molecular weight excluding hydrogens is 262 g/mol. The van der Waals surface area contributed by atoms with E-state index in [1.807, 2.05) is 11.5 Å². The van der Waals surface area contributed by atoms with Gasteiger partial charge in [-0.2, -0.15) is 0 Å². The summed E-state index contributed by atoms with van der Waals surface area (Å²) in [5.41, 5.74) is 0.625. The molecule has 0 saturated heterocycles. The lowest BCUT2D eigenvalue weighted by Crippen LogP contribution is -2.21. The van der Waals surface area contributed by atoms with Gasteiger partial charge in [0.05, 0.1) is 6.54 Å². The molecule has 6 heteroatoms. The zero-order chi connectivity index (χ0) is 14.7. The van der Waals surface area contributed by atoms with Crippen LogP contribution in [0.3, 0.4) is 0 Å². The normalized spacial score (nSPS) is 12.7. The molecule has 0 bridgehead atoms. The van der Waals surface area contributed by atoms with Gasteiger partial charge in [-0.15, -0.1) is 10.2 Å². The van der Waals surface area contributed by atoms with Gasteiger partial charge >= 0.3 is 0 Å². The molecule has 0 radical (unpaired) electrons. The van der Waals surface area contributed by atoms with Gasteiger partial charge in [0.1, 0.15) is 23.8 Å². The maximum absolute atomic E-state index is 13.9. The van der Waals surface area contributed by atoms with Crippen LogP contribution in [0.5, 0.6) is 0 Å². The lowest BCUT2D eigenvalue weighted by molar-refractivity contribution is 0.501. The van der Waals surface area contributed by atoms with Crippen LogP contribution in [-0.4, -0.2) is 14.8 Å². The highest BCUT2D eigenvalue weighted by atomic mass is 19.1. The minimum absolute atomic E-state index is 0.309. The van der Waals surface area contributed by atoms with E-state index in [-0.39, 0.29) is 6.04 Å². The fourth-order valence-corrected chi connectivity index (χ4v) is 2.03. The summed E-state index contributed by atoms with van der Waals surface area (Å²) in [6, 6.07) is 2.15. The number of rotatable bonds is 5. The van der Waals surface area contributed by atoms with E-state index < -0.39 is 11.6 Å². The van der Waals surface area contributed by atoms with Crippen molar-refractivity contribution >= 4 is 0 Å². The fourth-order valence-electron chi connectivity index (χ4n) is 2.03. The Labute approximate surface area is 116 Å². The van der Waals surface area contributed by atoms with Crippen molar-refractivity contribution < 1.29 is 8.78 Å². The lowest BCUT2D eigenvalue weighted by atomic mass is 10.1. The molecule has 0 saturated carbocycles. The van der Waals surface area contributed by atoms with Crippen molar-refractivity contribution in [2.75, 3.05) is 0 Å². The maximum Gasteiger partial charge on any atom is 0.146 e. The Morgan fingerprint density at radius 3 is 2.75 bits per heavy atom. The van der Waals surface area contributed by atoms with Gasteiger partial charge in [0.2, 0.25) is 0 Å². The number of aryl methyl sites for hydroxylation is 2. The standard InChI is InChI=1S/C14H18F2N4/c1-4-20-8-18-19-14(20)7-17-10(3)11-6-12(15)9(2)5-13(11)16/h5-6,8,10,17H,4,7H2,1-3H3. The summed E-state index contributed by atoms with van der Waals surface area (Å²) in [5, 5.41) is 10.9. The molecule has 20 heavy (non-hydrogen) atoms. The Morgan fingerprint density at radius 2 is 2.05 bits per heavy atom. The average Bonchev–Trinajstić information content (AvgIpc) is 2.87. The maximum atomic E-state index is 13.9. The number of benzene rings is 1. The molecule has 1 heterocycles. The van der Waals surface area contributed by atoms with Crippen LogP contribution < -0.4 is 5.32 Å². The quantitative estimate of drug-likeness (QED) is 0.915. The van der Waals surface area contributed by atoms with Crippen LogP contribution >= 0.6 is 0 Å². The molecule has 1 aromatic carbocycles. The van der Waals surface area contributed by atoms with Crippen molar-refractivity contribution in [3.05, 3.63) is 47.0 Å². The first-order valence-corrected chi connectivity index (χ1v) is 6.58. The molecule has 1 unspecified atom stereocenters. The molecule has 2 aromatic rings. The second-order valence-corrected chi connectivity index (χ2v) is 4.76. The van der Waals surface area contributed by atoms with Gasteiger partial charge in [-0.25, -0.2) is 8.78 Å². The summed E-state index contributed by atoms with van der Waals surface area (Å²) >= 11 is 0. The monoisotopic (exact) mass is 280 g/mol. The number of hydrogen-bond acceptors (Lipinski definition) is 3. The Balaban J connectivity index is 2.09. The van der Waals surface area contributed by atoms with Gasteiger partial charge in [0, 0.05) is 18.2 Å². The summed E-state index contributed by atoms with van der Waals surface area (Å²) < 4.78 is 29.3. The highest BCUT2D eigenvalue weighted by Crippen LogP contribution is 2.20. The van der Waals surface area contributed by atoms with Crippen LogP contribution in [0.2, 0.25) is 0 Å². The Kier molecular flexibility index (Phi) is 4.44. The van der Waals surface area contributed by atoms with Gasteiger partial charge in [0.15, 0.2) is 0 Å². The highest BCUT2D eigenvalue weighted by Gasteiger charge is 2.14. The van der Waals surface area contributed by atoms with E-state index in [0.29, 0.717) is 17.7 Å². The summed E-state index contributed by atoms with van der Waals surface area (Å²) in [5.74, 6) is -0.0278. The largest absolute Gasteiger partial charge is 0.317 e. The molecule has 0 amide bonds. The first kappa shape index (κ1) is 14.6. The lowest BCUT2D eigenvalue weighted by Gasteiger charge is -2.15. The van der Waals surface area contributed by atoms with Crippen molar-refractivity contribution in [2.24, 2.45) is 0 Å². The zero-order valence-corrected chi connectivity index (χ0v) is 11.8. The minimum Gasteiger partial charge on any atom is -0.317 e. The smallest absolute Gasteiger partial charge is 0.146 e. The van der Waals surface area contributed by atoms with Crippen molar-refractivity contribution in [3.63, 3.8) is 0 Å². The molecule has 4 nitrogen and oxygen atoms in total. The van der Waals surface area contributed by atoms with E-state index in [1.165, 1.54) is 12.1 Å². The van der Waals surface area contributed by atoms with E-state index in [0.717, 1.165) is 12.4 Å². The third kappa shape index (κ3) is 3.01. The highest BCUT2D eigenvalue weighted by molar-refractivity contribution is 5.27. The van der Waals surface area contributed by atoms with Gasteiger partial charge in [-0.05, 0) is 38.5 Å². The molecule has 1 atom stereocenters. The molecule has 0 aliphatic rings. The number of aromatic nitrogens is 3. The van der Waals surface area contributed by atoms with E-state index in [4.69, 9.17) is 0 Å². The molecule has 0 fully saturated rings. The van der Waals surface area contributed by atoms with E-state index in [2.05, 4.69) is 15.5 Å². The molecule has 108 valence electrons. The number of hydrogen-bond donors (Lipinski definition) is 1. The molecule has 0 aliphatic carbocycles. The molecule has 0 spiro atoms. The average molecular weight is 280 g/mol. The number of nitrogens with zero attached hydrogens (tertiary/aromatic N) is 3. The van der Waals surface area contributed by atoms with Crippen molar-refractivity contribution in [2.45, 2.75) is 39.9 Å². The number of halogens is 2.